The van der Waals surface area contributed by atoms with Gasteiger partial charge in [-0.1, -0.05) is 18.2 Å². The van der Waals surface area contributed by atoms with Gasteiger partial charge in [0.1, 0.15) is 39.7 Å². The predicted molar refractivity (Wildman–Crippen MR) is 157 cm³/mol. The fourth-order valence-corrected chi connectivity index (χ4v) is 5.91. The highest BCUT2D eigenvalue weighted by Gasteiger charge is 2.24. The summed E-state index contributed by atoms with van der Waals surface area (Å²) in [5.41, 5.74) is 6.78. The van der Waals surface area contributed by atoms with Crippen LogP contribution in [0.2, 0.25) is 0 Å². The number of hydrogen-bond acceptors (Lipinski definition) is 7. The number of benzene rings is 2. The Labute approximate surface area is 233 Å². The zero-order chi connectivity index (χ0) is 27.1. The van der Waals surface area contributed by atoms with E-state index in [4.69, 9.17) is 11.1 Å². The number of hydrogen-bond donors (Lipinski definition) is 6. The van der Waals surface area contributed by atoms with Gasteiger partial charge in [-0.2, -0.15) is 0 Å². The average molecular weight is 673 g/mol. The van der Waals surface area contributed by atoms with Gasteiger partial charge in [-0.25, -0.2) is 13.6 Å². The molecule has 0 aliphatic heterocycles. The van der Waals surface area contributed by atoms with Crippen LogP contribution < -0.4 is 21.1 Å². The summed E-state index contributed by atoms with van der Waals surface area (Å²) in [6.07, 6.45) is 1.46. The largest absolute Gasteiger partial charge is 0.505 e. The molecule has 3 rings (SSSR count). The SMILES string of the molecule is CS(=O)Nc1ccc(N=C(N)C(C(=O)NCc2ccc(F)cc2)=C(O)C(=N)c2cccs2)c(P(O)I)c1. The molecule has 2 unspecified atom stereocenters. The molecule has 1 aromatic heterocycles. The van der Waals surface area contributed by atoms with E-state index in [2.05, 4.69) is 15.0 Å². The molecule has 0 spiro atoms. The number of aliphatic hydroxyl groups excluding tert-OH is 1. The maximum absolute atomic E-state index is 13.2. The Kier molecular flexibility index (Phi) is 10.3. The second-order valence-electron chi connectivity index (χ2n) is 7.40. The molecule has 0 radical (unpaired) electrons. The van der Waals surface area contributed by atoms with Crippen molar-refractivity contribution in [3.63, 3.8) is 0 Å². The number of amidine groups is 1. The van der Waals surface area contributed by atoms with Gasteiger partial charge in [-0.05, 0) is 69.4 Å². The van der Waals surface area contributed by atoms with Crippen molar-refractivity contribution in [1.82, 2.24) is 5.32 Å². The van der Waals surface area contributed by atoms with E-state index in [-0.39, 0.29) is 23.8 Å². The quantitative estimate of drug-likeness (QED) is 0.0476. The van der Waals surface area contributed by atoms with Crippen LogP contribution in [0.4, 0.5) is 15.8 Å². The lowest BCUT2D eigenvalue weighted by Gasteiger charge is -2.14. The van der Waals surface area contributed by atoms with Crippen LogP contribution in [0, 0.1) is 11.2 Å². The Hall–Kier alpha value is -2.71. The maximum Gasteiger partial charge on any atom is 0.259 e. The third-order valence-corrected chi connectivity index (χ3v) is 8.49. The zero-order valence-electron chi connectivity index (χ0n) is 19.2. The molecule has 1 heterocycles. The number of anilines is 1. The summed E-state index contributed by atoms with van der Waals surface area (Å²) in [6.45, 7) is 0.00493. The van der Waals surface area contributed by atoms with Gasteiger partial charge < -0.3 is 25.8 Å². The first-order valence-corrected chi connectivity index (χ1v) is 16.9. The molecular formula is C23H22FIN5O4PS2. The van der Waals surface area contributed by atoms with E-state index in [0.29, 0.717) is 21.4 Å². The van der Waals surface area contributed by atoms with Crippen molar-refractivity contribution in [1.29, 1.82) is 5.41 Å². The predicted octanol–water partition coefficient (Wildman–Crippen LogP) is 4.14. The van der Waals surface area contributed by atoms with E-state index in [1.807, 2.05) is 22.0 Å². The zero-order valence-corrected chi connectivity index (χ0v) is 23.9. The number of nitrogens with one attached hydrogen (secondary N) is 3. The van der Waals surface area contributed by atoms with Crippen LogP contribution in [0.25, 0.3) is 0 Å². The summed E-state index contributed by atoms with van der Waals surface area (Å²) in [7, 11) is -1.34. The van der Waals surface area contributed by atoms with Crippen molar-refractivity contribution in [2.24, 2.45) is 10.7 Å². The Morgan fingerprint density at radius 1 is 1.27 bits per heavy atom. The first kappa shape index (κ1) is 28.9. The number of nitrogens with two attached hydrogens (primary N) is 1. The van der Waals surface area contributed by atoms with Gasteiger partial charge in [0.15, 0.2) is 5.76 Å². The normalized spacial score (nSPS) is 13.9. The first-order chi connectivity index (χ1) is 17.6. The number of rotatable bonds is 10. The van der Waals surface area contributed by atoms with E-state index in [9.17, 15) is 23.4 Å². The second-order valence-corrected chi connectivity index (χ2v) is 13.2. The molecule has 0 saturated carbocycles. The van der Waals surface area contributed by atoms with Gasteiger partial charge >= 0.3 is 0 Å². The Bertz CT molecular complexity index is 1380. The molecule has 3 aromatic rings. The van der Waals surface area contributed by atoms with Crippen LogP contribution in [0.5, 0.6) is 0 Å². The average Bonchev–Trinajstić information content (AvgIpc) is 3.39. The van der Waals surface area contributed by atoms with Gasteiger partial charge in [-0.3, -0.25) is 10.2 Å². The van der Waals surface area contributed by atoms with Crippen molar-refractivity contribution in [3.05, 3.63) is 87.6 Å². The summed E-state index contributed by atoms with van der Waals surface area (Å²) < 4.78 is 27.5. The molecule has 0 saturated heterocycles. The van der Waals surface area contributed by atoms with Crippen LogP contribution >= 0.6 is 39.2 Å². The minimum atomic E-state index is -1.70. The van der Waals surface area contributed by atoms with Gasteiger partial charge in [-0.15, -0.1) is 11.3 Å². The van der Waals surface area contributed by atoms with Crippen molar-refractivity contribution in [2.75, 3.05) is 11.0 Å². The minimum Gasteiger partial charge on any atom is -0.505 e. The van der Waals surface area contributed by atoms with Crippen LogP contribution in [-0.2, 0) is 22.3 Å². The molecular weight excluding hydrogens is 651 g/mol. The van der Waals surface area contributed by atoms with Crippen molar-refractivity contribution < 1.29 is 23.4 Å². The van der Waals surface area contributed by atoms with E-state index in [1.165, 1.54) is 47.9 Å². The van der Waals surface area contributed by atoms with Gasteiger partial charge in [0.05, 0.1) is 10.6 Å². The van der Waals surface area contributed by atoms with Gasteiger partial charge in [0.25, 0.3) is 5.91 Å². The lowest BCUT2D eigenvalue weighted by molar-refractivity contribution is -0.117. The number of halogens is 2. The van der Waals surface area contributed by atoms with Crippen LogP contribution in [-0.4, -0.2) is 37.9 Å². The number of amides is 1. The monoisotopic (exact) mass is 673 g/mol. The maximum atomic E-state index is 13.2. The molecule has 14 heteroatoms. The number of thiophene rings is 1. The highest BCUT2D eigenvalue weighted by atomic mass is 127. The summed E-state index contributed by atoms with van der Waals surface area (Å²) in [6, 6.07) is 13.5. The van der Waals surface area contributed by atoms with Gasteiger partial charge in [0.2, 0.25) is 0 Å². The number of aliphatic imine (C=N–C) groups is 1. The van der Waals surface area contributed by atoms with Crippen LogP contribution in [0.15, 0.2) is 76.3 Å². The van der Waals surface area contributed by atoms with Crippen molar-refractivity contribution >= 4 is 84.3 Å². The van der Waals surface area contributed by atoms with Crippen molar-refractivity contribution in [2.45, 2.75) is 6.54 Å². The van der Waals surface area contributed by atoms with Crippen molar-refractivity contribution in [3.8, 4) is 0 Å². The molecule has 7 N–H and O–H groups in total. The third-order valence-electron chi connectivity index (χ3n) is 4.77. The topological polar surface area (TPSA) is 161 Å². The molecule has 2 atom stereocenters. The molecule has 2 aromatic carbocycles. The highest BCUT2D eigenvalue weighted by molar-refractivity contribution is 14.2. The molecule has 0 bridgehead atoms. The molecule has 0 aliphatic carbocycles. The number of allylic oxidation sites excluding steroid dienone is 1. The van der Waals surface area contributed by atoms with E-state index in [0.717, 1.165) is 0 Å². The van der Waals surface area contributed by atoms with E-state index in [1.54, 1.807) is 29.6 Å². The smallest absolute Gasteiger partial charge is 0.259 e. The van der Waals surface area contributed by atoms with E-state index < -0.39 is 39.8 Å². The molecule has 0 aliphatic rings. The Morgan fingerprint density at radius 3 is 2.57 bits per heavy atom. The standard InChI is InChI=1S/C23H22FIN5O4PS2/c1-37(34)30-15-8-9-16(17(11-15)35(25)33)29-22(27)19(21(31)20(26)18-3-2-10-36-18)23(32)28-12-13-4-6-14(24)7-5-13/h2-11,26,30-31,33H,12H2,1H3,(H2,27,29)(H,28,32). The summed E-state index contributed by atoms with van der Waals surface area (Å²) in [4.78, 5) is 28.2. The molecule has 194 valence electrons. The summed E-state index contributed by atoms with van der Waals surface area (Å²) in [5, 5.41) is 24.0. The molecule has 0 fully saturated rings. The Balaban J connectivity index is 2.02. The lowest BCUT2D eigenvalue weighted by atomic mass is 10.1. The second kappa shape index (κ2) is 13.2. The lowest BCUT2D eigenvalue weighted by Crippen LogP contribution is -2.34. The number of nitrogens with zero attached hydrogens (tertiary/aromatic N) is 1. The van der Waals surface area contributed by atoms with Crippen LogP contribution in [0.1, 0.15) is 10.4 Å². The summed E-state index contributed by atoms with van der Waals surface area (Å²) >= 11 is 3.02. The van der Waals surface area contributed by atoms with Gasteiger partial charge in [0, 0.05) is 23.8 Å². The Morgan fingerprint density at radius 2 is 1.97 bits per heavy atom. The summed E-state index contributed by atoms with van der Waals surface area (Å²) in [5.74, 6) is -3.99. The minimum absolute atomic E-state index is 0.00493. The number of carbonyl (C=O) groups excluding carboxylic acids is 1. The highest BCUT2D eigenvalue weighted by Crippen LogP contribution is 2.42. The van der Waals surface area contributed by atoms with Crippen LogP contribution in [0.3, 0.4) is 0 Å². The first-order valence-electron chi connectivity index (χ1n) is 10.4. The molecule has 37 heavy (non-hydrogen) atoms. The fourth-order valence-electron chi connectivity index (χ4n) is 3.06. The number of carbonyl (C=O) groups is 1. The fraction of sp³-hybridized carbons (Fsp3) is 0.0870. The molecule has 1 amide bonds. The van der Waals surface area contributed by atoms with E-state index >= 15 is 0 Å². The number of aliphatic hydroxyl groups is 1. The molecule has 9 nitrogen and oxygen atoms in total. The third kappa shape index (κ3) is 7.89.